The van der Waals surface area contributed by atoms with E-state index in [9.17, 15) is 13.2 Å². The molecule has 90 valence electrons. The molecule has 0 saturated carbocycles. The molecule has 0 spiro atoms. The number of alkyl halides is 3. The summed E-state index contributed by atoms with van der Waals surface area (Å²) in [4.78, 5) is 3.80. The van der Waals surface area contributed by atoms with Gasteiger partial charge >= 0.3 is 6.18 Å². The van der Waals surface area contributed by atoms with E-state index in [2.05, 4.69) is 31.1 Å². The molecule has 0 radical (unpaired) electrons. The van der Waals surface area contributed by atoms with E-state index in [4.69, 9.17) is 4.74 Å². The standard InChI is InChI=1S/C8H3BrF3N3OS/c9-4-1-5(3-13-2-4)16-7-15-14-6(17-7)8(10,11)12/h1-3H. The summed E-state index contributed by atoms with van der Waals surface area (Å²) in [5, 5.41) is 5.05. The zero-order valence-corrected chi connectivity index (χ0v) is 10.3. The Kier molecular flexibility index (Phi) is 3.29. The van der Waals surface area contributed by atoms with Crippen LogP contribution >= 0.6 is 27.3 Å². The summed E-state index contributed by atoms with van der Waals surface area (Å²) in [5.74, 6) is 0.282. The third-order valence-electron chi connectivity index (χ3n) is 1.53. The van der Waals surface area contributed by atoms with Crippen molar-refractivity contribution in [2.24, 2.45) is 0 Å². The zero-order chi connectivity index (χ0) is 12.5. The SMILES string of the molecule is FC(F)(F)c1nnc(Oc2cncc(Br)c2)s1. The summed E-state index contributed by atoms with van der Waals surface area (Å²) >= 11 is 3.49. The van der Waals surface area contributed by atoms with Crippen LogP contribution in [0.2, 0.25) is 0 Å². The molecule has 0 aliphatic carbocycles. The van der Waals surface area contributed by atoms with Crippen molar-refractivity contribution in [3.8, 4) is 10.9 Å². The van der Waals surface area contributed by atoms with Crippen molar-refractivity contribution in [2.75, 3.05) is 0 Å². The van der Waals surface area contributed by atoms with Gasteiger partial charge in [-0.15, -0.1) is 5.10 Å². The van der Waals surface area contributed by atoms with Crippen molar-refractivity contribution in [1.82, 2.24) is 15.2 Å². The Balaban J connectivity index is 2.17. The minimum atomic E-state index is -4.51. The van der Waals surface area contributed by atoms with Crippen LogP contribution in [0.3, 0.4) is 0 Å². The molecule has 17 heavy (non-hydrogen) atoms. The molecule has 0 fully saturated rings. The van der Waals surface area contributed by atoms with Gasteiger partial charge < -0.3 is 4.74 Å². The maximum Gasteiger partial charge on any atom is 0.445 e. The van der Waals surface area contributed by atoms with Crippen LogP contribution < -0.4 is 4.74 Å². The molecule has 0 saturated heterocycles. The summed E-state index contributed by atoms with van der Waals surface area (Å²) in [7, 11) is 0. The Bertz CT molecular complexity index is 531. The molecule has 2 aromatic heterocycles. The second-order valence-corrected chi connectivity index (χ2v) is 4.67. The first-order chi connectivity index (χ1) is 7.95. The van der Waals surface area contributed by atoms with E-state index in [0.29, 0.717) is 15.8 Å². The van der Waals surface area contributed by atoms with Crippen LogP contribution in [-0.2, 0) is 6.18 Å². The van der Waals surface area contributed by atoms with E-state index in [1.807, 2.05) is 0 Å². The van der Waals surface area contributed by atoms with Crippen molar-refractivity contribution >= 4 is 27.3 Å². The smallest absolute Gasteiger partial charge is 0.428 e. The van der Waals surface area contributed by atoms with Crippen molar-refractivity contribution in [3.05, 3.63) is 27.9 Å². The van der Waals surface area contributed by atoms with Gasteiger partial charge in [0.05, 0.1) is 6.20 Å². The van der Waals surface area contributed by atoms with Crippen molar-refractivity contribution in [3.63, 3.8) is 0 Å². The average molecular weight is 326 g/mol. The molecule has 0 atom stereocenters. The van der Waals surface area contributed by atoms with Gasteiger partial charge in [0.25, 0.3) is 5.19 Å². The Hall–Kier alpha value is -1.22. The summed E-state index contributed by atoms with van der Waals surface area (Å²) in [6.45, 7) is 0. The lowest BCUT2D eigenvalue weighted by atomic mass is 10.5. The van der Waals surface area contributed by atoms with Gasteiger partial charge in [-0.3, -0.25) is 4.98 Å². The predicted molar refractivity (Wildman–Crippen MR) is 56.9 cm³/mol. The molecular formula is C8H3BrF3N3OS. The molecule has 2 rings (SSSR count). The summed E-state index contributed by atoms with van der Waals surface area (Å²) in [6, 6.07) is 1.56. The van der Waals surface area contributed by atoms with Crippen LogP contribution in [0.25, 0.3) is 0 Å². The number of aromatic nitrogens is 3. The van der Waals surface area contributed by atoms with E-state index in [1.54, 1.807) is 6.07 Å². The first-order valence-corrected chi connectivity index (χ1v) is 5.75. The minimum absolute atomic E-state index is 0.183. The Labute approximate surface area is 106 Å². The maximum absolute atomic E-state index is 12.2. The van der Waals surface area contributed by atoms with Crippen LogP contribution in [0.5, 0.6) is 10.9 Å². The molecule has 2 heterocycles. The van der Waals surface area contributed by atoms with Crippen molar-refractivity contribution in [2.45, 2.75) is 6.18 Å². The zero-order valence-electron chi connectivity index (χ0n) is 7.90. The highest BCUT2D eigenvalue weighted by Gasteiger charge is 2.36. The maximum atomic E-state index is 12.2. The van der Waals surface area contributed by atoms with Gasteiger partial charge in [0.15, 0.2) is 0 Å². The first kappa shape index (κ1) is 12.2. The number of ether oxygens (including phenoxy) is 1. The lowest BCUT2D eigenvalue weighted by Gasteiger charge is -2.00. The van der Waals surface area contributed by atoms with E-state index < -0.39 is 11.2 Å². The third-order valence-corrected chi connectivity index (χ3v) is 2.81. The molecule has 0 aromatic carbocycles. The van der Waals surface area contributed by atoms with Gasteiger partial charge in [-0.2, -0.15) is 13.2 Å². The van der Waals surface area contributed by atoms with Crippen LogP contribution in [0.1, 0.15) is 5.01 Å². The summed E-state index contributed by atoms with van der Waals surface area (Å²) in [6.07, 6.45) is -1.62. The van der Waals surface area contributed by atoms with Gasteiger partial charge in [0.1, 0.15) is 5.75 Å². The molecule has 0 unspecified atom stereocenters. The fourth-order valence-corrected chi connectivity index (χ4v) is 1.84. The third kappa shape index (κ3) is 3.13. The van der Waals surface area contributed by atoms with Crippen LogP contribution in [-0.4, -0.2) is 15.2 Å². The topological polar surface area (TPSA) is 47.9 Å². The van der Waals surface area contributed by atoms with Crippen molar-refractivity contribution < 1.29 is 17.9 Å². The Morgan fingerprint density at radius 1 is 1.24 bits per heavy atom. The average Bonchev–Trinajstić information content (AvgIpc) is 2.65. The minimum Gasteiger partial charge on any atom is -0.428 e. The second kappa shape index (κ2) is 4.57. The van der Waals surface area contributed by atoms with Gasteiger partial charge in [-0.1, -0.05) is 16.4 Å². The predicted octanol–water partition coefficient (Wildman–Crippen LogP) is 3.51. The van der Waals surface area contributed by atoms with Crippen LogP contribution in [0.4, 0.5) is 13.2 Å². The number of pyridine rings is 1. The lowest BCUT2D eigenvalue weighted by molar-refractivity contribution is -0.138. The second-order valence-electron chi connectivity index (χ2n) is 2.81. The first-order valence-electron chi connectivity index (χ1n) is 4.14. The molecule has 2 aromatic rings. The molecule has 0 bridgehead atoms. The Morgan fingerprint density at radius 2 is 2.00 bits per heavy atom. The van der Waals surface area contributed by atoms with E-state index >= 15 is 0 Å². The monoisotopic (exact) mass is 325 g/mol. The molecule has 0 amide bonds. The molecule has 9 heteroatoms. The van der Waals surface area contributed by atoms with E-state index in [1.165, 1.54) is 12.4 Å². The number of hydrogen-bond donors (Lipinski definition) is 0. The van der Waals surface area contributed by atoms with Gasteiger partial charge in [0, 0.05) is 10.7 Å². The normalized spacial score (nSPS) is 11.5. The number of halogens is 4. The largest absolute Gasteiger partial charge is 0.445 e. The highest BCUT2D eigenvalue weighted by molar-refractivity contribution is 9.10. The highest BCUT2D eigenvalue weighted by Crippen LogP contribution is 2.35. The van der Waals surface area contributed by atoms with Crippen LogP contribution in [0.15, 0.2) is 22.9 Å². The molecular weight excluding hydrogens is 323 g/mol. The quantitative estimate of drug-likeness (QED) is 0.847. The van der Waals surface area contributed by atoms with Crippen molar-refractivity contribution in [1.29, 1.82) is 0 Å². The van der Waals surface area contributed by atoms with Gasteiger partial charge in [-0.05, 0) is 22.0 Å². The lowest BCUT2D eigenvalue weighted by Crippen LogP contribution is -2.03. The number of hydrogen-bond acceptors (Lipinski definition) is 5. The molecule has 4 nitrogen and oxygen atoms in total. The number of rotatable bonds is 2. The number of nitrogens with zero attached hydrogens (tertiary/aromatic N) is 3. The highest BCUT2D eigenvalue weighted by atomic mass is 79.9. The summed E-state index contributed by atoms with van der Waals surface area (Å²) < 4.78 is 42.4. The fourth-order valence-electron chi connectivity index (χ4n) is 0.915. The van der Waals surface area contributed by atoms with E-state index in [-0.39, 0.29) is 10.9 Å². The van der Waals surface area contributed by atoms with Gasteiger partial charge in [0.2, 0.25) is 5.01 Å². The van der Waals surface area contributed by atoms with E-state index in [0.717, 1.165) is 0 Å². The molecule has 0 N–H and O–H groups in total. The Morgan fingerprint density at radius 3 is 2.59 bits per heavy atom. The molecule has 0 aliphatic heterocycles. The summed E-state index contributed by atoms with van der Waals surface area (Å²) in [5.41, 5.74) is 0. The van der Waals surface area contributed by atoms with Crippen LogP contribution in [0, 0.1) is 0 Å². The molecule has 0 aliphatic rings. The fraction of sp³-hybridized carbons (Fsp3) is 0.125. The van der Waals surface area contributed by atoms with Gasteiger partial charge in [-0.25, -0.2) is 0 Å².